The Morgan fingerprint density at radius 2 is 1.89 bits per heavy atom. The number of nitrogens with two attached hydrogens (primary N) is 1. The summed E-state index contributed by atoms with van der Waals surface area (Å²) in [7, 11) is 6.45. The summed E-state index contributed by atoms with van der Waals surface area (Å²) in [6, 6.07) is 7.89. The van der Waals surface area contributed by atoms with E-state index in [0.29, 0.717) is 6.42 Å². The van der Waals surface area contributed by atoms with Crippen molar-refractivity contribution in [3.63, 3.8) is 0 Å². The Hall–Kier alpha value is -0.600. The second-order valence-corrected chi connectivity index (χ2v) is 7.20. The Balaban J connectivity index is 2.35. The number of benzene rings is 1. The number of Topliss-reactive ketones (excluding diaryl/α,β-unsaturated/α-hetero) is 1. The van der Waals surface area contributed by atoms with E-state index >= 15 is 0 Å². The van der Waals surface area contributed by atoms with E-state index in [0.717, 1.165) is 17.4 Å². The summed E-state index contributed by atoms with van der Waals surface area (Å²) < 4.78 is 0. The van der Waals surface area contributed by atoms with Crippen LogP contribution in [0.1, 0.15) is 18.4 Å². The molecule has 2 unspecified atom stereocenters. The summed E-state index contributed by atoms with van der Waals surface area (Å²) in [5.74, 6) is 0.130. The molecule has 2 aliphatic rings. The predicted molar refractivity (Wildman–Crippen MR) is 88.8 cm³/mol. The Morgan fingerprint density at radius 3 is 2.58 bits per heavy atom. The maximum Gasteiger partial charge on any atom is 0.283 e. The van der Waals surface area contributed by atoms with E-state index < -0.39 is 10.8 Å². The lowest BCUT2D eigenvalue weighted by molar-refractivity contribution is -0.127. The van der Waals surface area contributed by atoms with Crippen LogP contribution >= 0.6 is 11.5 Å². The molecule has 7 heteroatoms. The SMILES string of the molecule is BC1(B)CCC(=O)C2(N)c3ccccc3B(Cl)C12B. The van der Waals surface area contributed by atoms with E-state index in [1.807, 2.05) is 24.3 Å². The van der Waals surface area contributed by atoms with Gasteiger partial charge in [-0.05, 0) is 10.8 Å². The molecule has 0 bridgehead atoms. The van der Waals surface area contributed by atoms with E-state index in [1.165, 1.54) is 0 Å². The third kappa shape index (κ3) is 1.30. The van der Waals surface area contributed by atoms with Gasteiger partial charge in [-0.25, -0.2) is 0 Å². The van der Waals surface area contributed by atoms with Crippen LogP contribution < -0.4 is 11.2 Å². The molecule has 1 aliphatic carbocycles. The minimum absolute atomic E-state index is 0.0684. The number of rotatable bonds is 0. The molecule has 0 aromatic heterocycles. The van der Waals surface area contributed by atoms with Crippen LogP contribution in [0.4, 0.5) is 0 Å². The van der Waals surface area contributed by atoms with Crippen LogP contribution in [0.3, 0.4) is 0 Å². The van der Waals surface area contributed by atoms with Crippen molar-refractivity contribution in [3.05, 3.63) is 29.8 Å². The topological polar surface area (TPSA) is 43.1 Å². The lowest BCUT2D eigenvalue weighted by atomic mass is 9.19. The van der Waals surface area contributed by atoms with Crippen molar-refractivity contribution in [1.29, 1.82) is 0 Å². The van der Waals surface area contributed by atoms with Gasteiger partial charge in [0.1, 0.15) is 7.85 Å². The van der Waals surface area contributed by atoms with Gasteiger partial charge < -0.3 is 5.73 Å². The molecule has 1 aromatic rings. The summed E-state index contributed by atoms with van der Waals surface area (Å²) in [4.78, 5) is 12.6. The van der Waals surface area contributed by atoms with Gasteiger partial charge in [0, 0.05) is 6.42 Å². The largest absolute Gasteiger partial charge is 0.316 e. The molecule has 2 atom stereocenters. The number of hydrogen-bond donors (Lipinski definition) is 1. The van der Waals surface area contributed by atoms with Gasteiger partial charge in [0.2, 0.25) is 0 Å². The Bertz CT molecular complexity index is 581. The van der Waals surface area contributed by atoms with E-state index in [-0.39, 0.29) is 17.1 Å². The van der Waals surface area contributed by atoms with Crippen molar-refractivity contribution in [3.8, 4) is 0 Å². The number of fused-ring (bicyclic) bond motifs is 3. The fraction of sp³-hybridized carbons (Fsp3) is 0.417. The number of hydrogen-bond acceptors (Lipinski definition) is 2. The lowest BCUT2D eigenvalue weighted by Crippen LogP contribution is -2.63. The van der Waals surface area contributed by atoms with Crippen LogP contribution in [0.25, 0.3) is 0 Å². The van der Waals surface area contributed by atoms with Crippen LogP contribution in [0.5, 0.6) is 0 Å². The molecular formula is C12H16B4ClNO. The third-order valence-electron chi connectivity index (χ3n) is 5.81. The van der Waals surface area contributed by atoms with Crippen molar-refractivity contribution in [1.82, 2.24) is 0 Å². The van der Waals surface area contributed by atoms with Crippen molar-refractivity contribution >= 4 is 52.4 Å². The molecule has 19 heavy (non-hydrogen) atoms. The van der Waals surface area contributed by atoms with Gasteiger partial charge in [0.25, 0.3) is 6.13 Å². The quantitative estimate of drug-likeness (QED) is 0.574. The molecule has 1 fully saturated rings. The standard InChI is InChI=1S/C12H16B4ClNO/c13-10(14)6-5-9(19)11(18)7-3-1-2-4-8(7)16(17)12(10,11)15/h1-4H,5-6,13-15,18H2. The minimum atomic E-state index is -0.947. The zero-order chi connectivity index (χ0) is 14.1. The second-order valence-electron chi connectivity index (χ2n) is 6.77. The fourth-order valence-electron chi connectivity index (χ4n) is 4.07. The number of halogens is 1. The van der Waals surface area contributed by atoms with Gasteiger partial charge in [-0.2, -0.15) is 11.5 Å². The average molecular weight is 269 g/mol. The van der Waals surface area contributed by atoms with Crippen molar-refractivity contribution < 1.29 is 4.79 Å². The average Bonchev–Trinajstić information content (AvgIpc) is 2.57. The molecule has 0 spiro atoms. The maximum absolute atomic E-state index is 12.6. The zero-order valence-electron chi connectivity index (χ0n) is 11.7. The molecule has 0 saturated heterocycles. The second kappa shape index (κ2) is 3.73. The van der Waals surface area contributed by atoms with Gasteiger partial charge in [-0.1, -0.05) is 41.4 Å². The highest BCUT2D eigenvalue weighted by Crippen LogP contribution is 2.66. The highest BCUT2D eigenvalue weighted by Gasteiger charge is 2.69. The Morgan fingerprint density at radius 1 is 1.26 bits per heavy atom. The lowest BCUT2D eigenvalue weighted by Gasteiger charge is -2.56. The molecule has 3 rings (SSSR count). The zero-order valence-corrected chi connectivity index (χ0v) is 12.4. The van der Waals surface area contributed by atoms with Crippen LogP contribution in [0, 0.1) is 0 Å². The van der Waals surface area contributed by atoms with Crippen LogP contribution in [0.2, 0.25) is 10.4 Å². The minimum Gasteiger partial charge on any atom is -0.316 e. The van der Waals surface area contributed by atoms with Gasteiger partial charge in [0.15, 0.2) is 5.78 Å². The molecule has 1 aliphatic heterocycles. The number of carbonyl (C=O) groups is 1. The summed E-state index contributed by atoms with van der Waals surface area (Å²) >= 11 is 6.76. The van der Waals surface area contributed by atoms with Crippen LogP contribution in [0.15, 0.2) is 24.3 Å². The van der Waals surface area contributed by atoms with Gasteiger partial charge in [0.05, 0.1) is 21.2 Å². The van der Waals surface area contributed by atoms with Crippen molar-refractivity contribution in [2.45, 2.75) is 28.8 Å². The monoisotopic (exact) mass is 269 g/mol. The molecule has 1 heterocycles. The smallest absolute Gasteiger partial charge is 0.283 e. The summed E-state index contributed by atoms with van der Waals surface area (Å²) in [5, 5.41) is -0.512. The maximum atomic E-state index is 12.6. The number of ketones is 1. The highest BCUT2D eigenvalue weighted by molar-refractivity contribution is 7.20. The first-order valence-electron chi connectivity index (χ1n) is 6.82. The Kier molecular flexibility index (Phi) is 2.63. The van der Waals surface area contributed by atoms with Crippen LogP contribution in [-0.4, -0.2) is 35.5 Å². The summed E-state index contributed by atoms with van der Waals surface area (Å²) in [6.45, 7) is 0. The molecule has 2 N–H and O–H groups in total. The third-order valence-corrected chi connectivity index (χ3v) is 6.48. The van der Waals surface area contributed by atoms with Gasteiger partial charge >= 0.3 is 0 Å². The molecule has 94 valence electrons. The Labute approximate surface area is 122 Å². The van der Waals surface area contributed by atoms with E-state index in [9.17, 15) is 4.79 Å². The number of carbonyl (C=O) groups excluding carboxylic acids is 1. The molecule has 1 saturated carbocycles. The normalized spacial score (nSPS) is 35.9. The first-order chi connectivity index (χ1) is 8.77. The fourth-order valence-corrected chi connectivity index (χ4v) is 4.73. The predicted octanol–water partition coefficient (Wildman–Crippen LogP) is -1.63. The molecule has 0 radical (unpaired) electrons. The molecule has 0 amide bonds. The van der Waals surface area contributed by atoms with E-state index in [2.05, 4.69) is 23.5 Å². The molecular weight excluding hydrogens is 253 g/mol. The van der Waals surface area contributed by atoms with Crippen molar-refractivity contribution in [2.75, 3.05) is 0 Å². The first-order valence-corrected chi connectivity index (χ1v) is 7.26. The summed E-state index contributed by atoms with van der Waals surface area (Å²) in [6.07, 6.45) is 1.17. The van der Waals surface area contributed by atoms with Gasteiger partial charge in [-0.15, -0.1) is 0 Å². The first kappa shape index (κ1) is 13.4. The van der Waals surface area contributed by atoms with E-state index in [1.54, 1.807) is 0 Å². The van der Waals surface area contributed by atoms with Crippen LogP contribution in [-0.2, 0) is 10.3 Å². The molecule has 1 aromatic carbocycles. The van der Waals surface area contributed by atoms with E-state index in [4.69, 9.17) is 17.2 Å². The molecule has 2 nitrogen and oxygen atoms in total. The highest BCUT2D eigenvalue weighted by atomic mass is 35.5. The summed E-state index contributed by atoms with van der Waals surface area (Å²) in [5.41, 5.74) is 7.69. The van der Waals surface area contributed by atoms with Crippen molar-refractivity contribution in [2.24, 2.45) is 5.73 Å². The van der Waals surface area contributed by atoms with Gasteiger partial charge in [-0.3, -0.25) is 4.79 Å².